The van der Waals surface area contributed by atoms with Crippen LogP contribution in [-0.2, 0) is 16.1 Å². The summed E-state index contributed by atoms with van der Waals surface area (Å²) in [5.41, 5.74) is 7.14. The fourth-order valence-electron chi connectivity index (χ4n) is 1.40. The van der Waals surface area contributed by atoms with Gasteiger partial charge in [-0.2, -0.15) is 0 Å². The number of anilines is 1. The molecule has 0 fully saturated rings. The Morgan fingerprint density at radius 3 is 2.88 bits per heavy atom. The predicted octanol–water partition coefficient (Wildman–Crippen LogP) is 1.51. The SMILES string of the molecule is COCc1ccccc1NC(=O)CCCN. The van der Waals surface area contributed by atoms with Crippen molar-refractivity contribution in [1.82, 2.24) is 0 Å². The Balaban J connectivity index is 2.61. The molecule has 0 spiro atoms. The summed E-state index contributed by atoms with van der Waals surface area (Å²) < 4.78 is 5.06. The number of nitrogens with two attached hydrogens (primary N) is 1. The normalized spacial score (nSPS) is 10.1. The average molecular weight is 222 g/mol. The summed E-state index contributed by atoms with van der Waals surface area (Å²) in [5, 5.41) is 2.86. The van der Waals surface area contributed by atoms with Crippen LogP contribution in [0.15, 0.2) is 24.3 Å². The lowest BCUT2D eigenvalue weighted by Gasteiger charge is -2.09. The second-order valence-corrected chi connectivity index (χ2v) is 3.53. The first kappa shape index (κ1) is 12.7. The van der Waals surface area contributed by atoms with E-state index in [2.05, 4.69) is 5.32 Å². The van der Waals surface area contributed by atoms with Gasteiger partial charge < -0.3 is 15.8 Å². The van der Waals surface area contributed by atoms with Crippen LogP contribution in [0.1, 0.15) is 18.4 Å². The Morgan fingerprint density at radius 1 is 1.44 bits per heavy atom. The molecule has 1 aromatic rings. The maximum atomic E-state index is 11.5. The minimum atomic E-state index is -0.00555. The molecule has 3 N–H and O–H groups in total. The van der Waals surface area contributed by atoms with E-state index in [9.17, 15) is 4.79 Å². The van der Waals surface area contributed by atoms with Crippen molar-refractivity contribution >= 4 is 11.6 Å². The molecular weight excluding hydrogens is 204 g/mol. The molecule has 0 radical (unpaired) electrons. The largest absolute Gasteiger partial charge is 0.380 e. The number of ether oxygens (including phenoxy) is 1. The van der Waals surface area contributed by atoms with Crippen LogP contribution in [0.3, 0.4) is 0 Å². The van der Waals surface area contributed by atoms with Crippen molar-refractivity contribution in [3.8, 4) is 0 Å². The van der Waals surface area contributed by atoms with E-state index in [0.29, 0.717) is 26.0 Å². The molecule has 4 nitrogen and oxygen atoms in total. The van der Waals surface area contributed by atoms with E-state index in [1.54, 1.807) is 7.11 Å². The Labute approximate surface area is 95.8 Å². The lowest BCUT2D eigenvalue weighted by molar-refractivity contribution is -0.116. The lowest BCUT2D eigenvalue weighted by Crippen LogP contribution is -2.14. The van der Waals surface area contributed by atoms with Gasteiger partial charge in [0.1, 0.15) is 0 Å². The minimum Gasteiger partial charge on any atom is -0.380 e. The van der Waals surface area contributed by atoms with Gasteiger partial charge in [0.05, 0.1) is 6.61 Å². The molecule has 0 aliphatic carbocycles. The third kappa shape index (κ3) is 4.00. The highest BCUT2D eigenvalue weighted by molar-refractivity contribution is 5.91. The van der Waals surface area contributed by atoms with Gasteiger partial charge in [-0.3, -0.25) is 4.79 Å². The van der Waals surface area contributed by atoms with Gasteiger partial charge in [-0.15, -0.1) is 0 Å². The van der Waals surface area contributed by atoms with Gasteiger partial charge in [-0.1, -0.05) is 18.2 Å². The number of nitrogens with one attached hydrogen (secondary N) is 1. The van der Waals surface area contributed by atoms with Crippen molar-refractivity contribution in [2.75, 3.05) is 19.0 Å². The number of carbonyl (C=O) groups excluding carboxylic acids is 1. The van der Waals surface area contributed by atoms with Gasteiger partial charge in [-0.25, -0.2) is 0 Å². The number of hydrogen-bond acceptors (Lipinski definition) is 3. The van der Waals surface area contributed by atoms with Crippen LogP contribution in [-0.4, -0.2) is 19.6 Å². The molecule has 1 amide bonds. The van der Waals surface area contributed by atoms with Crippen molar-refractivity contribution in [2.24, 2.45) is 5.73 Å². The quantitative estimate of drug-likeness (QED) is 0.766. The smallest absolute Gasteiger partial charge is 0.224 e. The monoisotopic (exact) mass is 222 g/mol. The number of carbonyl (C=O) groups is 1. The lowest BCUT2D eigenvalue weighted by atomic mass is 10.2. The molecule has 0 aliphatic heterocycles. The van der Waals surface area contributed by atoms with Crippen molar-refractivity contribution in [3.63, 3.8) is 0 Å². The maximum absolute atomic E-state index is 11.5. The topological polar surface area (TPSA) is 64.3 Å². The zero-order chi connectivity index (χ0) is 11.8. The summed E-state index contributed by atoms with van der Waals surface area (Å²) in [6.07, 6.45) is 1.16. The minimum absolute atomic E-state index is 0.00555. The summed E-state index contributed by atoms with van der Waals surface area (Å²) >= 11 is 0. The van der Waals surface area contributed by atoms with Gasteiger partial charge in [-0.05, 0) is 19.0 Å². The van der Waals surface area contributed by atoms with Crippen LogP contribution in [0.4, 0.5) is 5.69 Å². The molecule has 0 aromatic heterocycles. The fraction of sp³-hybridized carbons (Fsp3) is 0.417. The van der Waals surface area contributed by atoms with Crippen molar-refractivity contribution in [1.29, 1.82) is 0 Å². The van der Waals surface area contributed by atoms with Crippen LogP contribution in [0.25, 0.3) is 0 Å². The predicted molar refractivity (Wildman–Crippen MR) is 64.1 cm³/mol. The molecule has 88 valence electrons. The highest BCUT2D eigenvalue weighted by Gasteiger charge is 2.05. The fourth-order valence-corrected chi connectivity index (χ4v) is 1.40. The summed E-state index contributed by atoms with van der Waals surface area (Å²) in [6, 6.07) is 7.61. The van der Waals surface area contributed by atoms with Gasteiger partial charge in [0.15, 0.2) is 0 Å². The molecule has 1 aromatic carbocycles. The van der Waals surface area contributed by atoms with Crippen molar-refractivity contribution < 1.29 is 9.53 Å². The Kier molecular flexibility index (Phi) is 5.53. The molecule has 1 rings (SSSR count). The average Bonchev–Trinajstić information content (AvgIpc) is 2.29. The van der Waals surface area contributed by atoms with Crippen LogP contribution < -0.4 is 11.1 Å². The third-order valence-electron chi connectivity index (χ3n) is 2.20. The first-order valence-corrected chi connectivity index (χ1v) is 5.34. The van der Waals surface area contributed by atoms with Crippen LogP contribution in [0, 0.1) is 0 Å². The van der Waals surface area contributed by atoms with E-state index in [0.717, 1.165) is 11.3 Å². The van der Waals surface area contributed by atoms with E-state index in [1.165, 1.54) is 0 Å². The molecule has 4 heteroatoms. The molecular formula is C12H18N2O2. The second kappa shape index (κ2) is 6.98. The Morgan fingerprint density at radius 2 is 2.19 bits per heavy atom. The number of benzene rings is 1. The molecule has 0 aliphatic rings. The molecule has 0 unspecified atom stereocenters. The first-order valence-electron chi connectivity index (χ1n) is 5.34. The molecule has 0 heterocycles. The number of para-hydroxylation sites is 1. The van der Waals surface area contributed by atoms with E-state index in [1.807, 2.05) is 24.3 Å². The zero-order valence-corrected chi connectivity index (χ0v) is 9.53. The van der Waals surface area contributed by atoms with E-state index < -0.39 is 0 Å². The summed E-state index contributed by atoms with van der Waals surface area (Å²) in [4.78, 5) is 11.5. The highest BCUT2D eigenvalue weighted by atomic mass is 16.5. The van der Waals surface area contributed by atoms with Gasteiger partial charge in [0.2, 0.25) is 5.91 Å². The standard InChI is InChI=1S/C12H18N2O2/c1-16-9-10-5-2-3-6-11(10)14-12(15)7-4-8-13/h2-3,5-6H,4,7-9,13H2,1H3,(H,14,15). The number of amides is 1. The van der Waals surface area contributed by atoms with Crippen molar-refractivity contribution in [2.45, 2.75) is 19.4 Å². The summed E-state index contributed by atoms with van der Waals surface area (Å²) in [7, 11) is 1.63. The first-order chi connectivity index (χ1) is 7.77. The molecule has 0 saturated carbocycles. The Hall–Kier alpha value is -1.39. The molecule has 0 saturated heterocycles. The third-order valence-corrected chi connectivity index (χ3v) is 2.20. The number of rotatable bonds is 6. The van der Waals surface area contributed by atoms with E-state index in [-0.39, 0.29) is 5.91 Å². The maximum Gasteiger partial charge on any atom is 0.224 e. The highest BCUT2D eigenvalue weighted by Crippen LogP contribution is 2.16. The number of methoxy groups -OCH3 is 1. The van der Waals surface area contributed by atoms with Crippen LogP contribution in [0.5, 0.6) is 0 Å². The second-order valence-electron chi connectivity index (χ2n) is 3.53. The summed E-state index contributed by atoms with van der Waals surface area (Å²) in [5.74, 6) is -0.00555. The molecule has 0 atom stereocenters. The van der Waals surface area contributed by atoms with Gasteiger partial charge in [0.25, 0.3) is 0 Å². The summed E-state index contributed by atoms with van der Waals surface area (Å²) in [6.45, 7) is 1.03. The zero-order valence-electron chi connectivity index (χ0n) is 9.53. The molecule has 0 bridgehead atoms. The van der Waals surface area contributed by atoms with Crippen LogP contribution >= 0.6 is 0 Å². The van der Waals surface area contributed by atoms with Crippen molar-refractivity contribution in [3.05, 3.63) is 29.8 Å². The molecule has 16 heavy (non-hydrogen) atoms. The van der Waals surface area contributed by atoms with Gasteiger partial charge in [0, 0.05) is 24.8 Å². The van der Waals surface area contributed by atoms with E-state index >= 15 is 0 Å². The van der Waals surface area contributed by atoms with Crippen LogP contribution in [0.2, 0.25) is 0 Å². The Bertz CT molecular complexity index is 340. The van der Waals surface area contributed by atoms with E-state index in [4.69, 9.17) is 10.5 Å². The number of hydrogen-bond donors (Lipinski definition) is 2. The van der Waals surface area contributed by atoms with Gasteiger partial charge >= 0.3 is 0 Å².